The summed E-state index contributed by atoms with van der Waals surface area (Å²) >= 11 is 2.74. The number of carbonyl (C=O) groups is 1. The van der Waals surface area contributed by atoms with Crippen LogP contribution < -0.4 is 5.32 Å². The van der Waals surface area contributed by atoms with Crippen molar-refractivity contribution in [3.05, 3.63) is 41.5 Å². The Kier molecular flexibility index (Phi) is 6.77. The van der Waals surface area contributed by atoms with Crippen molar-refractivity contribution in [3.8, 4) is 0 Å². The fourth-order valence-electron chi connectivity index (χ4n) is 3.62. The maximum Gasteiger partial charge on any atom is 0.244 e. The molecule has 29 heavy (non-hydrogen) atoms. The fraction of sp³-hybridized carbons (Fsp3) is 0.421. The number of aryl methyl sites for hydroxylation is 3. The van der Waals surface area contributed by atoms with Gasteiger partial charge in [0, 0.05) is 12.3 Å². The summed E-state index contributed by atoms with van der Waals surface area (Å²) in [5.74, 6) is 0.330. The Morgan fingerprint density at radius 3 is 2.69 bits per heavy atom. The van der Waals surface area contributed by atoms with Crippen LogP contribution in [0.2, 0.25) is 0 Å². The molecule has 0 bridgehead atoms. The van der Waals surface area contributed by atoms with E-state index >= 15 is 0 Å². The lowest BCUT2D eigenvalue weighted by molar-refractivity contribution is -0.119. The molecule has 7 nitrogen and oxygen atoms in total. The summed E-state index contributed by atoms with van der Waals surface area (Å²) < 4.78 is 28.8. The van der Waals surface area contributed by atoms with E-state index in [1.807, 2.05) is 19.1 Å². The molecule has 1 aromatic carbocycles. The number of aromatic nitrogens is 2. The smallest absolute Gasteiger partial charge is 0.244 e. The van der Waals surface area contributed by atoms with Crippen LogP contribution in [0.5, 0.6) is 0 Å². The Bertz CT molecular complexity index is 1010. The lowest BCUT2D eigenvalue weighted by Gasteiger charge is -2.25. The number of anilines is 1. The van der Waals surface area contributed by atoms with Crippen molar-refractivity contribution >= 4 is 44.2 Å². The van der Waals surface area contributed by atoms with E-state index in [4.69, 9.17) is 0 Å². The first-order valence-corrected chi connectivity index (χ1v) is 12.5. The van der Waals surface area contributed by atoms with Crippen LogP contribution in [0.3, 0.4) is 0 Å². The molecule has 1 fully saturated rings. The van der Waals surface area contributed by atoms with E-state index in [1.165, 1.54) is 27.4 Å². The highest BCUT2D eigenvalue weighted by molar-refractivity contribution is 8.01. The average molecular weight is 453 g/mol. The Morgan fingerprint density at radius 2 is 2.03 bits per heavy atom. The molecule has 156 valence electrons. The van der Waals surface area contributed by atoms with Crippen LogP contribution in [-0.4, -0.2) is 47.2 Å². The van der Waals surface area contributed by atoms with E-state index in [-0.39, 0.29) is 5.91 Å². The number of nitrogens with zero attached hydrogens (tertiary/aromatic N) is 3. The lowest BCUT2D eigenvalue weighted by atomic mass is 10.1. The van der Waals surface area contributed by atoms with Crippen molar-refractivity contribution in [2.24, 2.45) is 0 Å². The van der Waals surface area contributed by atoms with Crippen LogP contribution >= 0.6 is 23.1 Å². The van der Waals surface area contributed by atoms with Crippen LogP contribution in [0.4, 0.5) is 5.13 Å². The lowest BCUT2D eigenvalue weighted by Crippen LogP contribution is -2.43. The van der Waals surface area contributed by atoms with E-state index < -0.39 is 16.1 Å². The number of hydrogen-bond donors (Lipinski definition) is 1. The summed E-state index contributed by atoms with van der Waals surface area (Å²) in [5.41, 5.74) is 2.40. The van der Waals surface area contributed by atoms with Gasteiger partial charge in [-0.1, -0.05) is 46.9 Å². The van der Waals surface area contributed by atoms with Gasteiger partial charge in [-0.05, 0) is 44.7 Å². The van der Waals surface area contributed by atoms with Gasteiger partial charge < -0.3 is 0 Å². The second kappa shape index (κ2) is 8.95. The first kappa shape index (κ1) is 21.9. The van der Waals surface area contributed by atoms with Crippen molar-refractivity contribution in [2.75, 3.05) is 17.6 Å². The van der Waals surface area contributed by atoms with Crippen LogP contribution in [0.15, 0.2) is 34.0 Å². The first-order chi connectivity index (χ1) is 13.7. The van der Waals surface area contributed by atoms with Crippen molar-refractivity contribution in [2.45, 2.75) is 48.9 Å². The third-order valence-corrected chi connectivity index (χ3v) is 8.82. The van der Waals surface area contributed by atoms with Crippen molar-refractivity contribution in [3.63, 3.8) is 0 Å². The SMILES string of the molecule is C=CCSc1nnc(NC(=O)[C@@H]2CCCN2S(=O)(=O)c2c(C)cc(C)cc2C)s1. The third-order valence-electron chi connectivity index (χ3n) is 4.64. The zero-order chi connectivity index (χ0) is 21.2. The van der Waals surface area contributed by atoms with Gasteiger partial charge in [0.1, 0.15) is 6.04 Å². The predicted octanol–water partition coefficient (Wildman–Crippen LogP) is 3.53. The maximum atomic E-state index is 13.4. The van der Waals surface area contributed by atoms with Gasteiger partial charge in [0.25, 0.3) is 0 Å². The summed E-state index contributed by atoms with van der Waals surface area (Å²) in [6.07, 6.45) is 2.88. The van der Waals surface area contributed by atoms with Gasteiger partial charge in [-0.3, -0.25) is 10.1 Å². The molecule has 0 unspecified atom stereocenters. The zero-order valence-corrected chi connectivity index (χ0v) is 19.1. The van der Waals surface area contributed by atoms with Crippen LogP contribution in [-0.2, 0) is 14.8 Å². The number of carbonyl (C=O) groups excluding carboxylic acids is 1. The second-order valence-corrected chi connectivity index (χ2v) is 11.0. The van der Waals surface area contributed by atoms with Crippen molar-refractivity contribution in [1.82, 2.24) is 14.5 Å². The normalized spacial score (nSPS) is 17.4. The van der Waals surface area contributed by atoms with Crippen molar-refractivity contribution < 1.29 is 13.2 Å². The highest BCUT2D eigenvalue weighted by atomic mass is 32.2. The van der Waals surface area contributed by atoms with Gasteiger partial charge >= 0.3 is 0 Å². The van der Waals surface area contributed by atoms with Gasteiger partial charge in [-0.15, -0.1) is 16.8 Å². The second-order valence-electron chi connectivity index (χ2n) is 6.96. The van der Waals surface area contributed by atoms with E-state index in [9.17, 15) is 13.2 Å². The molecule has 1 aromatic heterocycles. The highest BCUT2D eigenvalue weighted by Gasteiger charge is 2.40. The van der Waals surface area contributed by atoms with Gasteiger partial charge in [-0.2, -0.15) is 4.31 Å². The monoisotopic (exact) mass is 452 g/mol. The number of sulfonamides is 1. The summed E-state index contributed by atoms with van der Waals surface area (Å²) in [5, 5.41) is 11.1. The van der Waals surface area contributed by atoms with Crippen molar-refractivity contribution in [1.29, 1.82) is 0 Å². The molecule has 1 aliphatic heterocycles. The number of nitrogens with one attached hydrogen (secondary N) is 1. The number of thioether (sulfide) groups is 1. The molecule has 1 aliphatic rings. The third kappa shape index (κ3) is 4.71. The molecule has 2 heterocycles. The molecule has 1 amide bonds. The van der Waals surface area contributed by atoms with Crippen LogP contribution in [0.1, 0.15) is 29.5 Å². The predicted molar refractivity (Wildman–Crippen MR) is 117 cm³/mol. The van der Waals surface area contributed by atoms with Gasteiger partial charge in [0.15, 0.2) is 4.34 Å². The summed E-state index contributed by atoms with van der Waals surface area (Å²) in [6, 6.07) is 2.96. The van der Waals surface area contributed by atoms with E-state index in [1.54, 1.807) is 19.9 Å². The highest BCUT2D eigenvalue weighted by Crippen LogP contribution is 2.32. The Balaban J connectivity index is 1.81. The van der Waals surface area contributed by atoms with Gasteiger partial charge in [-0.25, -0.2) is 8.42 Å². The van der Waals surface area contributed by atoms with Crippen LogP contribution in [0, 0.1) is 20.8 Å². The topological polar surface area (TPSA) is 92.3 Å². The van der Waals surface area contributed by atoms with Crippen LogP contribution in [0.25, 0.3) is 0 Å². The quantitative estimate of drug-likeness (QED) is 0.392. The molecule has 1 atom stereocenters. The Morgan fingerprint density at radius 1 is 1.34 bits per heavy atom. The molecule has 0 radical (unpaired) electrons. The summed E-state index contributed by atoms with van der Waals surface area (Å²) in [7, 11) is -3.79. The molecule has 10 heteroatoms. The minimum Gasteiger partial charge on any atom is -0.299 e. The van der Waals surface area contributed by atoms with Gasteiger partial charge in [0.2, 0.25) is 21.1 Å². The number of amides is 1. The molecule has 1 N–H and O–H groups in total. The summed E-state index contributed by atoms with van der Waals surface area (Å²) in [4.78, 5) is 13.1. The molecule has 0 spiro atoms. The Hall–Kier alpha value is -1.75. The molecule has 1 saturated heterocycles. The molecule has 2 aromatic rings. The minimum absolute atomic E-state index is 0.293. The standard InChI is InChI=1S/C19H24N4O3S3/c1-5-9-27-19-22-21-18(28-19)20-17(24)15-7-6-8-23(15)29(25,26)16-13(3)10-12(2)11-14(16)4/h5,10-11,15H,1,6-9H2,2-4H3,(H,20,21,24)/t15-/m0/s1. The number of benzene rings is 1. The maximum absolute atomic E-state index is 13.4. The first-order valence-electron chi connectivity index (χ1n) is 9.21. The average Bonchev–Trinajstić information content (AvgIpc) is 3.28. The number of rotatable bonds is 7. The summed E-state index contributed by atoms with van der Waals surface area (Å²) in [6.45, 7) is 9.51. The molecular weight excluding hydrogens is 428 g/mol. The van der Waals surface area contributed by atoms with E-state index in [0.717, 1.165) is 9.90 Å². The zero-order valence-electron chi connectivity index (χ0n) is 16.6. The Labute approximate surface area is 179 Å². The minimum atomic E-state index is -3.79. The van der Waals surface area contributed by atoms with E-state index in [2.05, 4.69) is 22.1 Å². The molecular formula is C19H24N4O3S3. The van der Waals surface area contributed by atoms with E-state index in [0.29, 0.717) is 46.3 Å². The fourth-order valence-corrected chi connectivity index (χ4v) is 7.21. The largest absolute Gasteiger partial charge is 0.299 e. The molecule has 3 rings (SSSR count). The molecule has 0 aliphatic carbocycles. The van der Waals surface area contributed by atoms with Gasteiger partial charge in [0.05, 0.1) is 4.90 Å². The number of hydrogen-bond acceptors (Lipinski definition) is 7. The molecule has 0 saturated carbocycles.